The maximum absolute atomic E-state index is 11.9. The fourth-order valence-electron chi connectivity index (χ4n) is 2.14. The van der Waals surface area contributed by atoms with Crippen LogP contribution in [0.2, 0.25) is 0 Å². The third-order valence-electron chi connectivity index (χ3n) is 3.51. The van der Waals surface area contributed by atoms with Gasteiger partial charge < -0.3 is 10.6 Å². The summed E-state index contributed by atoms with van der Waals surface area (Å²) in [5, 5.41) is 6.26. The molecule has 3 nitrogen and oxygen atoms in total. The van der Waals surface area contributed by atoms with E-state index < -0.39 is 0 Å². The van der Waals surface area contributed by atoms with Crippen molar-refractivity contribution in [3.05, 3.63) is 28.7 Å². The van der Waals surface area contributed by atoms with Gasteiger partial charge in [-0.1, -0.05) is 31.9 Å². The van der Waals surface area contributed by atoms with Crippen molar-refractivity contribution in [1.82, 2.24) is 5.32 Å². The number of halogens is 1. The van der Waals surface area contributed by atoms with Crippen molar-refractivity contribution < 1.29 is 4.79 Å². The molecule has 0 bridgehead atoms. The molecule has 0 saturated heterocycles. The van der Waals surface area contributed by atoms with Gasteiger partial charge in [0, 0.05) is 10.5 Å². The van der Waals surface area contributed by atoms with E-state index in [4.69, 9.17) is 0 Å². The maximum Gasteiger partial charge on any atom is 0.238 e. The molecule has 1 amide bonds. The Morgan fingerprint density at radius 1 is 1.42 bits per heavy atom. The van der Waals surface area contributed by atoms with Crippen molar-refractivity contribution in [2.24, 2.45) is 5.92 Å². The molecule has 1 saturated carbocycles. The van der Waals surface area contributed by atoms with E-state index in [-0.39, 0.29) is 5.91 Å². The normalized spacial score (nSPS) is 16.1. The minimum absolute atomic E-state index is 0.0150. The molecule has 0 spiro atoms. The highest BCUT2D eigenvalue weighted by molar-refractivity contribution is 9.10. The first-order chi connectivity index (χ1) is 9.19. The van der Waals surface area contributed by atoms with Crippen molar-refractivity contribution in [2.45, 2.75) is 38.6 Å². The number of para-hydroxylation sites is 1. The topological polar surface area (TPSA) is 41.1 Å². The summed E-state index contributed by atoms with van der Waals surface area (Å²) in [6.07, 6.45) is 5.01. The number of amides is 1. The smallest absolute Gasteiger partial charge is 0.238 e. The Bertz CT molecular complexity index is 432. The molecular weight excluding hydrogens is 304 g/mol. The van der Waals surface area contributed by atoms with Crippen molar-refractivity contribution >= 4 is 27.5 Å². The van der Waals surface area contributed by atoms with Crippen molar-refractivity contribution in [2.75, 3.05) is 11.9 Å². The average Bonchev–Trinajstić information content (AvgIpc) is 3.21. The monoisotopic (exact) mass is 324 g/mol. The lowest BCUT2D eigenvalue weighted by molar-refractivity contribution is -0.115. The molecule has 0 aromatic heterocycles. The molecule has 1 aliphatic carbocycles. The van der Waals surface area contributed by atoms with Crippen LogP contribution in [-0.4, -0.2) is 18.5 Å². The molecule has 1 aliphatic rings. The van der Waals surface area contributed by atoms with Crippen LogP contribution in [0.25, 0.3) is 0 Å². The molecule has 1 atom stereocenters. The highest BCUT2D eigenvalue weighted by Gasteiger charge is 2.24. The number of carbonyl (C=O) groups excluding carboxylic acids is 1. The molecule has 104 valence electrons. The lowest BCUT2D eigenvalue weighted by atomic mass is 10.1. The third-order valence-corrected chi connectivity index (χ3v) is 4.20. The van der Waals surface area contributed by atoms with Crippen LogP contribution in [0.4, 0.5) is 5.69 Å². The van der Waals surface area contributed by atoms with Gasteiger partial charge >= 0.3 is 0 Å². The zero-order valence-corrected chi connectivity index (χ0v) is 12.9. The predicted octanol–water partition coefficient (Wildman–Crippen LogP) is 3.56. The highest BCUT2D eigenvalue weighted by atomic mass is 79.9. The molecule has 0 aliphatic heterocycles. The molecule has 1 fully saturated rings. The number of hydrogen-bond donors (Lipinski definition) is 2. The lowest BCUT2D eigenvalue weighted by Crippen LogP contribution is -2.36. The Hall–Kier alpha value is -0.870. The van der Waals surface area contributed by atoms with E-state index in [1.54, 1.807) is 0 Å². The predicted molar refractivity (Wildman–Crippen MR) is 82.2 cm³/mol. The summed E-state index contributed by atoms with van der Waals surface area (Å²) < 4.78 is 0.911. The van der Waals surface area contributed by atoms with E-state index in [0.29, 0.717) is 12.6 Å². The maximum atomic E-state index is 11.9. The molecule has 1 aromatic rings. The van der Waals surface area contributed by atoms with E-state index in [0.717, 1.165) is 22.5 Å². The second-order valence-corrected chi connectivity index (χ2v) is 6.05. The number of carbonyl (C=O) groups is 1. The zero-order valence-electron chi connectivity index (χ0n) is 11.3. The van der Waals surface area contributed by atoms with Gasteiger partial charge in [0.05, 0.1) is 12.2 Å². The summed E-state index contributed by atoms with van der Waals surface area (Å²) in [5.74, 6) is 0.907. The standard InChI is InChI=1S/C15H21BrN2O/c1-2-12(9-11-7-8-11)17-10-15(19)18-14-6-4-3-5-13(14)16/h3-6,11-12,17H,2,7-10H2,1H3,(H,18,19). The zero-order chi connectivity index (χ0) is 13.7. The van der Waals surface area contributed by atoms with Crippen LogP contribution in [0.1, 0.15) is 32.6 Å². The summed E-state index contributed by atoms with van der Waals surface area (Å²) >= 11 is 3.42. The van der Waals surface area contributed by atoms with Gasteiger partial charge in [0.15, 0.2) is 0 Å². The van der Waals surface area contributed by atoms with Crippen molar-refractivity contribution in [3.63, 3.8) is 0 Å². The van der Waals surface area contributed by atoms with Crippen LogP contribution >= 0.6 is 15.9 Å². The second-order valence-electron chi connectivity index (χ2n) is 5.19. The Kier molecular flexibility index (Phi) is 5.40. The first-order valence-corrected chi connectivity index (χ1v) is 7.76. The van der Waals surface area contributed by atoms with E-state index in [1.165, 1.54) is 19.3 Å². The van der Waals surface area contributed by atoms with Gasteiger partial charge in [-0.05, 0) is 46.8 Å². The minimum Gasteiger partial charge on any atom is -0.324 e. The van der Waals surface area contributed by atoms with Gasteiger partial charge in [0.25, 0.3) is 0 Å². The number of benzene rings is 1. The lowest BCUT2D eigenvalue weighted by Gasteiger charge is -2.16. The molecule has 2 rings (SSSR count). The van der Waals surface area contributed by atoms with Gasteiger partial charge in [-0.15, -0.1) is 0 Å². The van der Waals surface area contributed by atoms with Gasteiger partial charge in [-0.2, -0.15) is 0 Å². The molecule has 0 radical (unpaired) electrons. The fourth-order valence-corrected chi connectivity index (χ4v) is 2.53. The van der Waals surface area contributed by atoms with Crippen LogP contribution in [0, 0.1) is 5.92 Å². The first kappa shape index (κ1) is 14.5. The summed E-state index contributed by atoms with van der Waals surface area (Å²) in [4.78, 5) is 11.9. The SMILES string of the molecule is CCC(CC1CC1)NCC(=O)Nc1ccccc1Br. The summed E-state index contributed by atoms with van der Waals surface area (Å²) in [5.41, 5.74) is 0.824. The number of anilines is 1. The van der Waals surface area contributed by atoms with E-state index in [1.807, 2.05) is 24.3 Å². The Balaban J connectivity index is 1.75. The first-order valence-electron chi connectivity index (χ1n) is 6.96. The highest BCUT2D eigenvalue weighted by Crippen LogP contribution is 2.33. The number of rotatable bonds is 7. The second kappa shape index (κ2) is 7.06. The Morgan fingerprint density at radius 2 is 2.16 bits per heavy atom. The van der Waals surface area contributed by atoms with Crippen LogP contribution in [0.15, 0.2) is 28.7 Å². The summed E-state index contributed by atoms with van der Waals surface area (Å²) in [6, 6.07) is 8.13. The Morgan fingerprint density at radius 3 is 2.79 bits per heavy atom. The molecule has 1 aromatic carbocycles. The molecule has 2 N–H and O–H groups in total. The minimum atomic E-state index is 0.0150. The number of nitrogens with one attached hydrogen (secondary N) is 2. The molecule has 19 heavy (non-hydrogen) atoms. The fraction of sp³-hybridized carbons (Fsp3) is 0.533. The molecular formula is C15H21BrN2O. The van der Waals surface area contributed by atoms with E-state index in [9.17, 15) is 4.79 Å². The quantitative estimate of drug-likeness (QED) is 0.805. The van der Waals surface area contributed by atoms with E-state index in [2.05, 4.69) is 33.5 Å². The van der Waals surface area contributed by atoms with Gasteiger partial charge in [-0.3, -0.25) is 4.79 Å². The van der Waals surface area contributed by atoms with Crippen molar-refractivity contribution in [1.29, 1.82) is 0 Å². The van der Waals surface area contributed by atoms with Crippen LogP contribution in [-0.2, 0) is 4.79 Å². The number of hydrogen-bond acceptors (Lipinski definition) is 2. The summed E-state index contributed by atoms with van der Waals surface area (Å²) in [6.45, 7) is 2.55. The van der Waals surface area contributed by atoms with Crippen LogP contribution in [0.3, 0.4) is 0 Å². The summed E-state index contributed by atoms with van der Waals surface area (Å²) in [7, 11) is 0. The average molecular weight is 325 g/mol. The van der Waals surface area contributed by atoms with Crippen LogP contribution < -0.4 is 10.6 Å². The molecule has 1 unspecified atom stereocenters. The largest absolute Gasteiger partial charge is 0.324 e. The van der Waals surface area contributed by atoms with Gasteiger partial charge in [0.2, 0.25) is 5.91 Å². The molecule has 4 heteroatoms. The van der Waals surface area contributed by atoms with Gasteiger partial charge in [0.1, 0.15) is 0 Å². The van der Waals surface area contributed by atoms with Crippen molar-refractivity contribution in [3.8, 4) is 0 Å². The third kappa shape index (κ3) is 4.96. The van der Waals surface area contributed by atoms with Crippen LogP contribution in [0.5, 0.6) is 0 Å². The molecule has 0 heterocycles. The van der Waals surface area contributed by atoms with Gasteiger partial charge in [-0.25, -0.2) is 0 Å². The van der Waals surface area contributed by atoms with E-state index >= 15 is 0 Å². The Labute approximate surface area is 123 Å².